The number of methoxy groups -OCH3 is 1. The van der Waals surface area contributed by atoms with Crippen LogP contribution in [-0.2, 0) is 17.9 Å². The van der Waals surface area contributed by atoms with E-state index in [-0.39, 0.29) is 36.2 Å². The minimum Gasteiger partial charge on any atom is -0.497 e. The van der Waals surface area contributed by atoms with Gasteiger partial charge in [-0.2, -0.15) is 0 Å². The maximum Gasteiger partial charge on any atom is 0.333 e. The third-order valence-electron chi connectivity index (χ3n) is 4.67. The molecule has 3 rings (SSSR count). The molecule has 0 bridgehead atoms. The van der Waals surface area contributed by atoms with Crippen molar-refractivity contribution in [2.45, 2.75) is 39.4 Å². The summed E-state index contributed by atoms with van der Waals surface area (Å²) in [7, 11) is 1.56. The van der Waals surface area contributed by atoms with E-state index in [1.54, 1.807) is 31.4 Å². The number of carbonyl (C=O) groups is 1. The van der Waals surface area contributed by atoms with Crippen LogP contribution in [0.25, 0.3) is 11.2 Å². The molecule has 29 heavy (non-hydrogen) atoms. The first kappa shape index (κ1) is 20.2. The molecule has 0 fully saturated rings. The highest BCUT2D eigenvalue weighted by molar-refractivity contribution is 5.78. The van der Waals surface area contributed by atoms with Crippen molar-refractivity contribution in [2.75, 3.05) is 7.11 Å². The van der Waals surface area contributed by atoms with Crippen LogP contribution in [0.4, 0.5) is 0 Å². The lowest BCUT2D eigenvalue weighted by Crippen LogP contribution is -2.44. The van der Waals surface area contributed by atoms with Gasteiger partial charge in [-0.1, -0.05) is 19.1 Å². The molecule has 1 N–H and O–H groups in total. The number of fused-ring (bicyclic) bond motifs is 1. The molecular formula is C20H23N5O4. The third kappa shape index (κ3) is 4.34. The number of hydrogen-bond donors (Lipinski definition) is 1. The molecule has 152 valence electrons. The standard InChI is InChI=1S/C20H23N5O4/c1-4-13(2)23-16(26)12-24-18-17(21-9-10-22-18)19(27)25(20(24)28)11-14-5-7-15(29-3)8-6-14/h5-10,13H,4,11-12H2,1-3H3,(H,23,26)/t13-/m0/s1. The first-order chi connectivity index (χ1) is 13.9. The Bertz CT molecular complexity index is 1130. The van der Waals surface area contributed by atoms with Gasteiger partial charge in [-0.25, -0.2) is 14.8 Å². The van der Waals surface area contributed by atoms with Gasteiger partial charge in [0, 0.05) is 18.4 Å². The molecule has 9 heteroatoms. The van der Waals surface area contributed by atoms with Gasteiger partial charge in [-0.15, -0.1) is 0 Å². The van der Waals surface area contributed by atoms with Crippen LogP contribution < -0.4 is 21.3 Å². The first-order valence-corrected chi connectivity index (χ1v) is 9.31. The molecule has 2 aromatic heterocycles. The highest BCUT2D eigenvalue weighted by Gasteiger charge is 2.18. The van der Waals surface area contributed by atoms with Crippen LogP contribution in [0.5, 0.6) is 5.75 Å². The second-order valence-electron chi connectivity index (χ2n) is 6.71. The van der Waals surface area contributed by atoms with Gasteiger partial charge in [0.1, 0.15) is 12.3 Å². The number of carbonyl (C=O) groups excluding carboxylic acids is 1. The largest absolute Gasteiger partial charge is 0.497 e. The van der Waals surface area contributed by atoms with E-state index in [2.05, 4.69) is 15.3 Å². The Morgan fingerprint density at radius 3 is 2.48 bits per heavy atom. The molecule has 0 saturated carbocycles. The van der Waals surface area contributed by atoms with Crippen molar-refractivity contribution in [3.05, 3.63) is 63.1 Å². The Morgan fingerprint density at radius 2 is 1.83 bits per heavy atom. The molecule has 1 amide bonds. The molecule has 0 unspecified atom stereocenters. The molecule has 1 atom stereocenters. The van der Waals surface area contributed by atoms with E-state index in [1.165, 1.54) is 17.0 Å². The van der Waals surface area contributed by atoms with Gasteiger partial charge in [0.05, 0.1) is 13.7 Å². The SMILES string of the molecule is CC[C@H](C)NC(=O)Cn1c(=O)n(Cc2ccc(OC)cc2)c(=O)c2nccnc21. The number of ether oxygens (including phenoxy) is 1. The summed E-state index contributed by atoms with van der Waals surface area (Å²) >= 11 is 0. The quantitative estimate of drug-likeness (QED) is 0.635. The van der Waals surface area contributed by atoms with E-state index < -0.39 is 11.2 Å². The van der Waals surface area contributed by atoms with Crippen molar-refractivity contribution in [2.24, 2.45) is 0 Å². The number of benzene rings is 1. The Balaban J connectivity index is 2.07. The summed E-state index contributed by atoms with van der Waals surface area (Å²) in [6.45, 7) is 3.62. The molecule has 0 saturated heterocycles. The molecular weight excluding hydrogens is 374 g/mol. The zero-order chi connectivity index (χ0) is 21.0. The lowest BCUT2D eigenvalue weighted by atomic mass is 10.2. The number of nitrogens with one attached hydrogen (secondary N) is 1. The predicted molar refractivity (Wildman–Crippen MR) is 108 cm³/mol. The molecule has 0 aliphatic heterocycles. The lowest BCUT2D eigenvalue weighted by molar-refractivity contribution is -0.122. The van der Waals surface area contributed by atoms with Gasteiger partial charge in [-0.3, -0.25) is 18.7 Å². The molecule has 0 aliphatic rings. The number of rotatable bonds is 7. The van der Waals surface area contributed by atoms with E-state index in [1.807, 2.05) is 13.8 Å². The summed E-state index contributed by atoms with van der Waals surface area (Å²) in [5.74, 6) is 0.340. The number of nitrogens with zero attached hydrogens (tertiary/aromatic N) is 4. The second kappa shape index (κ2) is 8.68. The average molecular weight is 397 g/mol. The third-order valence-corrected chi connectivity index (χ3v) is 4.67. The Labute approximate surface area is 167 Å². The fraction of sp³-hybridized carbons (Fsp3) is 0.350. The van der Waals surface area contributed by atoms with Crippen molar-refractivity contribution in [1.29, 1.82) is 0 Å². The fourth-order valence-electron chi connectivity index (χ4n) is 2.89. The maximum atomic E-state index is 13.1. The molecule has 0 radical (unpaired) electrons. The monoisotopic (exact) mass is 397 g/mol. The van der Waals surface area contributed by atoms with Gasteiger partial charge >= 0.3 is 5.69 Å². The summed E-state index contributed by atoms with van der Waals surface area (Å²) < 4.78 is 7.38. The number of aromatic nitrogens is 4. The van der Waals surface area contributed by atoms with E-state index in [4.69, 9.17) is 4.74 Å². The van der Waals surface area contributed by atoms with Gasteiger partial charge < -0.3 is 10.1 Å². The van der Waals surface area contributed by atoms with Gasteiger partial charge in [0.25, 0.3) is 5.56 Å². The maximum absolute atomic E-state index is 13.1. The Morgan fingerprint density at radius 1 is 1.14 bits per heavy atom. The highest BCUT2D eigenvalue weighted by atomic mass is 16.5. The number of amides is 1. The fourth-order valence-corrected chi connectivity index (χ4v) is 2.89. The normalized spacial score (nSPS) is 12.0. The van der Waals surface area contributed by atoms with E-state index in [0.717, 1.165) is 16.6 Å². The molecule has 2 heterocycles. The zero-order valence-corrected chi connectivity index (χ0v) is 16.6. The van der Waals surface area contributed by atoms with Crippen LogP contribution in [0.3, 0.4) is 0 Å². The van der Waals surface area contributed by atoms with E-state index in [0.29, 0.717) is 5.75 Å². The lowest BCUT2D eigenvalue weighted by Gasteiger charge is -2.15. The van der Waals surface area contributed by atoms with Crippen molar-refractivity contribution in [3.8, 4) is 5.75 Å². The van der Waals surface area contributed by atoms with E-state index >= 15 is 0 Å². The minimum absolute atomic E-state index is 0.0271. The van der Waals surface area contributed by atoms with Gasteiger partial charge in [0.2, 0.25) is 5.91 Å². The van der Waals surface area contributed by atoms with Crippen LogP contribution in [0.1, 0.15) is 25.8 Å². The molecule has 9 nitrogen and oxygen atoms in total. The Hall–Kier alpha value is -3.49. The zero-order valence-electron chi connectivity index (χ0n) is 16.6. The summed E-state index contributed by atoms with van der Waals surface area (Å²) in [6, 6.07) is 7.01. The summed E-state index contributed by atoms with van der Waals surface area (Å²) in [4.78, 5) is 46.5. The molecule has 3 aromatic rings. The van der Waals surface area contributed by atoms with Crippen molar-refractivity contribution >= 4 is 17.1 Å². The molecule has 1 aromatic carbocycles. The van der Waals surface area contributed by atoms with Crippen LogP contribution >= 0.6 is 0 Å². The minimum atomic E-state index is -0.613. The smallest absolute Gasteiger partial charge is 0.333 e. The van der Waals surface area contributed by atoms with Crippen LogP contribution in [-0.4, -0.2) is 38.2 Å². The van der Waals surface area contributed by atoms with Gasteiger partial charge in [0.15, 0.2) is 11.2 Å². The Kier molecular flexibility index (Phi) is 6.06. The topological polar surface area (TPSA) is 108 Å². The molecule has 0 aliphatic carbocycles. The average Bonchev–Trinajstić information content (AvgIpc) is 2.74. The van der Waals surface area contributed by atoms with Crippen LogP contribution in [0, 0.1) is 0 Å². The van der Waals surface area contributed by atoms with Crippen molar-refractivity contribution in [1.82, 2.24) is 24.4 Å². The van der Waals surface area contributed by atoms with E-state index in [9.17, 15) is 14.4 Å². The first-order valence-electron chi connectivity index (χ1n) is 9.31. The summed E-state index contributed by atoms with van der Waals surface area (Å²) in [6.07, 6.45) is 3.53. The van der Waals surface area contributed by atoms with Crippen molar-refractivity contribution in [3.63, 3.8) is 0 Å². The summed E-state index contributed by atoms with van der Waals surface area (Å²) in [5, 5.41) is 2.82. The van der Waals surface area contributed by atoms with Crippen LogP contribution in [0.15, 0.2) is 46.2 Å². The van der Waals surface area contributed by atoms with Crippen LogP contribution in [0.2, 0.25) is 0 Å². The predicted octanol–water partition coefficient (Wildman–Crippen LogP) is 0.925. The molecule has 0 spiro atoms. The number of hydrogen-bond acceptors (Lipinski definition) is 6. The van der Waals surface area contributed by atoms with Gasteiger partial charge in [-0.05, 0) is 31.0 Å². The second-order valence-corrected chi connectivity index (χ2v) is 6.71. The van der Waals surface area contributed by atoms with Crippen molar-refractivity contribution < 1.29 is 9.53 Å². The highest BCUT2D eigenvalue weighted by Crippen LogP contribution is 2.12. The summed E-state index contributed by atoms with van der Waals surface area (Å²) in [5.41, 5.74) is -0.292.